The van der Waals surface area contributed by atoms with E-state index >= 15 is 0 Å². The second-order valence-corrected chi connectivity index (χ2v) is 9.60. The summed E-state index contributed by atoms with van der Waals surface area (Å²) in [4.78, 5) is 15.0. The van der Waals surface area contributed by atoms with Crippen molar-refractivity contribution < 1.29 is 13.2 Å². The van der Waals surface area contributed by atoms with Crippen LogP contribution in [-0.2, 0) is 17.1 Å². The minimum absolute atomic E-state index is 0. The molecule has 3 rings (SSSR count). The largest absolute Gasteiger partial charge is 0.345 e. The summed E-state index contributed by atoms with van der Waals surface area (Å²) < 4.78 is 29.1. The summed E-state index contributed by atoms with van der Waals surface area (Å²) in [5.41, 5.74) is 0.436. The Kier molecular flexibility index (Phi) is 7.35. The van der Waals surface area contributed by atoms with E-state index in [0.29, 0.717) is 43.8 Å². The van der Waals surface area contributed by atoms with Crippen LogP contribution in [0.1, 0.15) is 43.1 Å². The van der Waals surface area contributed by atoms with E-state index in [4.69, 9.17) is 0 Å². The molecule has 1 aromatic rings. The summed E-state index contributed by atoms with van der Waals surface area (Å²) in [7, 11) is 0.102. The molecule has 3 heterocycles. The molecular weight excluding hydrogens is 388 g/mol. The van der Waals surface area contributed by atoms with Gasteiger partial charge in [-0.05, 0) is 44.7 Å². The third-order valence-electron chi connectivity index (χ3n) is 5.57. The molecule has 0 radical (unpaired) electrons. The van der Waals surface area contributed by atoms with E-state index in [2.05, 4.69) is 12.2 Å². The molecule has 7 nitrogen and oxygen atoms in total. The van der Waals surface area contributed by atoms with Crippen molar-refractivity contribution in [1.29, 1.82) is 0 Å². The predicted molar refractivity (Wildman–Crippen MR) is 108 cm³/mol. The van der Waals surface area contributed by atoms with Crippen LogP contribution >= 0.6 is 12.4 Å². The standard InChI is InChI=1S/C18H30N4O3S.ClH/c1-14-6-4-9-22(11-14)26(24,25)16-10-17(20(3)13-16)18(23)21-8-5-7-15(12-21)19-2;/h10,13-15,19H,4-9,11-12H2,1-3H3;1H. The lowest BCUT2D eigenvalue weighted by molar-refractivity contribution is 0.0688. The van der Waals surface area contributed by atoms with Crippen LogP contribution in [0.25, 0.3) is 0 Å². The van der Waals surface area contributed by atoms with Gasteiger partial charge in [-0.15, -0.1) is 12.4 Å². The number of sulfonamides is 1. The summed E-state index contributed by atoms with van der Waals surface area (Å²) in [5.74, 6) is 0.274. The molecule has 0 aliphatic carbocycles. The number of carbonyl (C=O) groups is 1. The van der Waals surface area contributed by atoms with Crippen molar-refractivity contribution in [2.45, 2.75) is 43.5 Å². The highest BCUT2D eigenvalue weighted by atomic mass is 35.5. The Balaban J connectivity index is 0.00000261. The van der Waals surface area contributed by atoms with Gasteiger partial charge in [-0.3, -0.25) is 4.79 Å². The molecule has 2 aliphatic heterocycles. The number of hydrogen-bond acceptors (Lipinski definition) is 4. The van der Waals surface area contributed by atoms with Crippen LogP contribution in [0.3, 0.4) is 0 Å². The van der Waals surface area contributed by atoms with Gasteiger partial charge in [0.05, 0.1) is 0 Å². The van der Waals surface area contributed by atoms with Crippen LogP contribution in [0, 0.1) is 5.92 Å². The van der Waals surface area contributed by atoms with Crippen molar-refractivity contribution in [2.75, 3.05) is 33.2 Å². The van der Waals surface area contributed by atoms with E-state index in [9.17, 15) is 13.2 Å². The first kappa shape index (κ1) is 22.2. The van der Waals surface area contributed by atoms with Crippen LogP contribution in [0.5, 0.6) is 0 Å². The Morgan fingerprint density at radius 1 is 1.19 bits per heavy atom. The predicted octanol–water partition coefficient (Wildman–Crippen LogP) is 1.69. The van der Waals surface area contributed by atoms with Crippen LogP contribution in [0.4, 0.5) is 0 Å². The quantitative estimate of drug-likeness (QED) is 0.807. The van der Waals surface area contributed by atoms with Crippen LogP contribution in [0.2, 0.25) is 0 Å². The number of piperidine rings is 2. The van der Waals surface area contributed by atoms with Gasteiger partial charge >= 0.3 is 0 Å². The average molecular weight is 419 g/mol. The number of likely N-dealkylation sites (tertiary alicyclic amines) is 1. The molecule has 27 heavy (non-hydrogen) atoms. The fourth-order valence-electron chi connectivity index (χ4n) is 3.96. The first-order valence-corrected chi connectivity index (χ1v) is 10.9. The highest BCUT2D eigenvalue weighted by Gasteiger charge is 2.32. The smallest absolute Gasteiger partial charge is 0.270 e. The van der Waals surface area contributed by atoms with Crippen molar-refractivity contribution in [3.8, 4) is 0 Å². The number of amides is 1. The van der Waals surface area contributed by atoms with E-state index in [-0.39, 0.29) is 23.2 Å². The molecule has 0 aromatic carbocycles. The molecule has 2 unspecified atom stereocenters. The fraction of sp³-hybridized carbons (Fsp3) is 0.722. The summed E-state index contributed by atoms with van der Waals surface area (Å²) in [6.45, 7) is 4.56. The van der Waals surface area contributed by atoms with E-state index < -0.39 is 10.0 Å². The van der Waals surface area contributed by atoms with Gasteiger partial charge in [-0.1, -0.05) is 6.92 Å². The molecule has 2 fully saturated rings. The van der Waals surface area contributed by atoms with Gasteiger partial charge in [0.25, 0.3) is 5.91 Å². The second-order valence-electron chi connectivity index (χ2n) is 7.66. The number of rotatable bonds is 4. The van der Waals surface area contributed by atoms with Gasteiger partial charge in [-0.2, -0.15) is 4.31 Å². The SMILES string of the molecule is CNC1CCCN(C(=O)c2cc(S(=O)(=O)N3CCCC(C)C3)cn2C)C1.Cl. The van der Waals surface area contributed by atoms with E-state index in [1.807, 2.05) is 11.9 Å². The number of aromatic nitrogens is 1. The minimum Gasteiger partial charge on any atom is -0.345 e. The number of aryl methyl sites for hydroxylation is 1. The lowest BCUT2D eigenvalue weighted by atomic mass is 10.0. The third-order valence-corrected chi connectivity index (χ3v) is 7.40. The van der Waals surface area contributed by atoms with Gasteiger partial charge in [0.15, 0.2) is 0 Å². The van der Waals surface area contributed by atoms with Gasteiger partial charge in [0.2, 0.25) is 10.0 Å². The normalized spacial score (nSPS) is 24.5. The Morgan fingerprint density at radius 3 is 2.56 bits per heavy atom. The molecule has 2 saturated heterocycles. The van der Waals surface area contributed by atoms with E-state index in [0.717, 1.165) is 25.7 Å². The molecule has 1 amide bonds. The summed E-state index contributed by atoms with van der Waals surface area (Å²) in [5, 5.41) is 3.23. The highest BCUT2D eigenvalue weighted by molar-refractivity contribution is 7.89. The number of nitrogens with zero attached hydrogens (tertiary/aromatic N) is 3. The molecule has 0 spiro atoms. The highest BCUT2D eigenvalue weighted by Crippen LogP contribution is 2.25. The van der Waals surface area contributed by atoms with Crippen LogP contribution in [-0.4, -0.2) is 67.4 Å². The second kappa shape index (κ2) is 8.94. The van der Waals surface area contributed by atoms with E-state index in [1.165, 1.54) is 0 Å². The summed E-state index contributed by atoms with van der Waals surface area (Å²) >= 11 is 0. The van der Waals surface area contributed by atoms with Crippen molar-refractivity contribution in [3.63, 3.8) is 0 Å². The monoisotopic (exact) mass is 418 g/mol. The topological polar surface area (TPSA) is 74.7 Å². The Morgan fingerprint density at radius 2 is 1.89 bits per heavy atom. The molecule has 2 atom stereocenters. The van der Waals surface area contributed by atoms with Crippen molar-refractivity contribution >= 4 is 28.3 Å². The van der Waals surface area contributed by atoms with Crippen molar-refractivity contribution in [1.82, 2.24) is 19.1 Å². The number of halogens is 1. The zero-order chi connectivity index (χ0) is 18.9. The van der Waals surface area contributed by atoms with Gasteiger partial charge in [0, 0.05) is 45.5 Å². The zero-order valence-electron chi connectivity index (χ0n) is 16.3. The number of likely N-dealkylation sites (N-methyl/N-ethyl adjacent to an activating group) is 1. The molecule has 154 valence electrons. The first-order chi connectivity index (χ1) is 12.3. The molecular formula is C18H31ClN4O3S. The van der Waals surface area contributed by atoms with Crippen molar-refractivity contribution in [3.05, 3.63) is 18.0 Å². The lowest BCUT2D eigenvalue weighted by Crippen LogP contribution is -2.47. The first-order valence-electron chi connectivity index (χ1n) is 9.46. The van der Waals surface area contributed by atoms with Crippen LogP contribution < -0.4 is 5.32 Å². The number of hydrogen-bond donors (Lipinski definition) is 1. The van der Waals surface area contributed by atoms with Gasteiger partial charge in [0.1, 0.15) is 10.6 Å². The maximum atomic E-state index is 13.0. The Hall–Kier alpha value is -1.09. The molecule has 0 saturated carbocycles. The molecule has 9 heteroatoms. The van der Waals surface area contributed by atoms with E-state index in [1.54, 1.807) is 28.2 Å². The van der Waals surface area contributed by atoms with Gasteiger partial charge in [-0.25, -0.2) is 8.42 Å². The summed E-state index contributed by atoms with van der Waals surface area (Å²) in [6.07, 6.45) is 5.53. The Labute approximate surface area is 168 Å². The third kappa shape index (κ3) is 4.67. The maximum Gasteiger partial charge on any atom is 0.270 e. The Bertz CT molecular complexity index is 765. The number of nitrogens with one attached hydrogen (secondary N) is 1. The number of carbonyl (C=O) groups excluding carboxylic acids is 1. The minimum atomic E-state index is -3.55. The van der Waals surface area contributed by atoms with Gasteiger partial charge < -0.3 is 14.8 Å². The van der Waals surface area contributed by atoms with Crippen LogP contribution in [0.15, 0.2) is 17.2 Å². The molecule has 2 aliphatic rings. The molecule has 1 aromatic heterocycles. The zero-order valence-corrected chi connectivity index (χ0v) is 18.0. The summed E-state index contributed by atoms with van der Waals surface area (Å²) in [6, 6.07) is 1.84. The van der Waals surface area contributed by atoms with Crippen molar-refractivity contribution in [2.24, 2.45) is 13.0 Å². The molecule has 1 N–H and O–H groups in total. The fourth-order valence-corrected chi connectivity index (χ4v) is 5.63. The lowest BCUT2D eigenvalue weighted by Gasteiger charge is -2.32. The average Bonchev–Trinajstić information content (AvgIpc) is 3.03. The molecule has 0 bridgehead atoms. The maximum absolute atomic E-state index is 13.0.